The first-order chi connectivity index (χ1) is 14.0. The van der Waals surface area contributed by atoms with Gasteiger partial charge in [0.25, 0.3) is 5.91 Å². The number of hydrogen-bond acceptors (Lipinski definition) is 6. The summed E-state index contributed by atoms with van der Waals surface area (Å²) in [7, 11) is 4.15. The summed E-state index contributed by atoms with van der Waals surface area (Å²) >= 11 is 5.89. The van der Waals surface area contributed by atoms with Crippen molar-refractivity contribution < 1.29 is 23.8 Å². The first-order valence-corrected chi connectivity index (χ1v) is 8.81. The van der Waals surface area contributed by atoms with Crippen LogP contribution in [0.4, 0.5) is 5.69 Å². The van der Waals surface area contributed by atoms with E-state index in [4.69, 9.17) is 25.8 Å². The molecule has 29 heavy (non-hydrogen) atoms. The second kappa shape index (κ2) is 8.66. The van der Waals surface area contributed by atoms with Gasteiger partial charge in [0.15, 0.2) is 11.5 Å². The van der Waals surface area contributed by atoms with Gasteiger partial charge in [0.2, 0.25) is 0 Å². The number of amides is 1. The van der Waals surface area contributed by atoms with Crippen LogP contribution in [0.15, 0.2) is 48.8 Å². The molecule has 0 saturated heterocycles. The Hall–Kier alpha value is -3.52. The Balaban J connectivity index is 1.90. The molecule has 150 valence electrons. The van der Waals surface area contributed by atoms with E-state index in [2.05, 4.69) is 10.4 Å². The fourth-order valence-corrected chi connectivity index (χ4v) is 2.76. The molecular weight excluding hydrogens is 398 g/mol. The van der Waals surface area contributed by atoms with E-state index < -0.39 is 11.9 Å². The monoisotopic (exact) mass is 415 g/mol. The molecule has 1 amide bonds. The maximum atomic E-state index is 12.7. The molecule has 0 fully saturated rings. The molecule has 0 aliphatic rings. The maximum absolute atomic E-state index is 12.7. The smallest absolute Gasteiger partial charge is 0.340 e. The first kappa shape index (κ1) is 20.2. The van der Waals surface area contributed by atoms with Gasteiger partial charge < -0.3 is 19.5 Å². The molecule has 0 saturated carbocycles. The van der Waals surface area contributed by atoms with Crippen LogP contribution in [-0.4, -0.2) is 43.0 Å². The van der Waals surface area contributed by atoms with Gasteiger partial charge in [-0.15, -0.1) is 0 Å². The van der Waals surface area contributed by atoms with Crippen molar-refractivity contribution in [1.82, 2.24) is 9.78 Å². The number of hydrogen-bond donors (Lipinski definition) is 1. The zero-order valence-corrected chi connectivity index (χ0v) is 16.7. The number of nitrogens with zero attached hydrogens (tertiary/aromatic N) is 2. The van der Waals surface area contributed by atoms with Crippen molar-refractivity contribution in [1.29, 1.82) is 0 Å². The second-order valence-corrected chi connectivity index (χ2v) is 6.28. The molecule has 0 aliphatic heterocycles. The van der Waals surface area contributed by atoms with E-state index in [1.54, 1.807) is 35.1 Å². The third-order valence-corrected chi connectivity index (χ3v) is 4.37. The lowest BCUT2D eigenvalue weighted by Crippen LogP contribution is -2.15. The third-order valence-electron chi connectivity index (χ3n) is 4.11. The molecule has 0 aliphatic carbocycles. The van der Waals surface area contributed by atoms with Gasteiger partial charge in [-0.1, -0.05) is 11.6 Å². The van der Waals surface area contributed by atoms with Gasteiger partial charge in [-0.25, -0.2) is 9.48 Å². The average molecular weight is 416 g/mol. The molecule has 1 heterocycles. The molecule has 9 heteroatoms. The standard InChI is InChI=1S/C20H18ClN3O5/c1-27-17-8-15(20(26)29-3)16(9-18(17)28-2)23-19(25)12-10-22-24(11-12)14-6-4-13(21)5-7-14/h4-11H,1-3H3,(H,23,25). The van der Waals surface area contributed by atoms with Gasteiger partial charge in [-0.05, 0) is 24.3 Å². The number of rotatable bonds is 6. The van der Waals surface area contributed by atoms with E-state index in [1.807, 2.05) is 0 Å². The minimum Gasteiger partial charge on any atom is -0.493 e. The van der Waals surface area contributed by atoms with Gasteiger partial charge in [0, 0.05) is 23.4 Å². The van der Waals surface area contributed by atoms with E-state index in [0.29, 0.717) is 22.1 Å². The van der Waals surface area contributed by atoms with E-state index in [0.717, 1.165) is 5.69 Å². The summed E-state index contributed by atoms with van der Waals surface area (Å²) in [5, 5.41) is 7.48. The van der Waals surface area contributed by atoms with Gasteiger partial charge >= 0.3 is 5.97 Å². The van der Waals surface area contributed by atoms with Crippen LogP contribution < -0.4 is 14.8 Å². The molecule has 8 nitrogen and oxygen atoms in total. The topological polar surface area (TPSA) is 91.7 Å². The van der Waals surface area contributed by atoms with Crippen molar-refractivity contribution in [2.45, 2.75) is 0 Å². The van der Waals surface area contributed by atoms with Crippen LogP contribution in [0, 0.1) is 0 Å². The molecule has 2 aromatic carbocycles. The lowest BCUT2D eigenvalue weighted by atomic mass is 10.1. The highest BCUT2D eigenvalue weighted by Crippen LogP contribution is 2.34. The predicted octanol–water partition coefficient (Wildman–Crippen LogP) is 3.58. The number of carbonyl (C=O) groups excluding carboxylic acids is 2. The highest BCUT2D eigenvalue weighted by molar-refractivity contribution is 6.30. The number of anilines is 1. The summed E-state index contributed by atoms with van der Waals surface area (Å²) in [6, 6.07) is 9.95. The highest BCUT2D eigenvalue weighted by Gasteiger charge is 2.20. The van der Waals surface area contributed by atoms with Crippen molar-refractivity contribution in [3.05, 3.63) is 64.9 Å². The van der Waals surface area contributed by atoms with E-state index >= 15 is 0 Å². The number of aromatic nitrogens is 2. The first-order valence-electron chi connectivity index (χ1n) is 8.43. The molecule has 3 rings (SSSR count). The van der Waals surface area contributed by atoms with Crippen molar-refractivity contribution >= 4 is 29.2 Å². The molecule has 3 aromatic rings. The van der Waals surface area contributed by atoms with E-state index in [-0.39, 0.29) is 11.3 Å². The predicted molar refractivity (Wildman–Crippen MR) is 107 cm³/mol. The maximum Gasteiger partial charge on any atom is 0.340 e. The summed E-state index contributed by atoms with van der Waals surface area (Å²) in [5.74, 6) is -0.394. The van der Waals surface area contributed by atoms with Crippen molar-refractivity contribution in [2.24, 2.45) is 0 Å². The van der Waals surface area contributed by atoms with Crippen molar-refractivity contribution in [2.75, 3.05) is 26.6 Å². The van der Waals surface area contributed by atoms with Crippen LogP contribution in [0.25, 0.3) is 5.69 Å². The van der Waals surface area contributed by atoms with Crippen molar-refractivity contribution in [3.63, 3.8) is 0 Å². The average Bonchev–Trinajstić information content (AvgIpc) is 3.23. The Morgan fingerprint density at radius 3 is 2.31 bits per heavy atom. The number of carbonyl (C=O) groups is 2. The van der Waals surface area contributed by atoms with Crippen molar-refractivity contribution in [3.8, 4) is 17.2 Å². The molecule has 1 N–H and O–H groups in total. The molecule has 1 aromatic heterocycles. The Morgan fingerprint density at radius 2 is 1.69 bits per heavy atom. The Labute approximate surface area is 171 Å². The zero-order valence-electron chi connectivity index (χ0n) is 15.9. The van der Waals surface area contributed by atoms with Gasteiger partial charge in [0.05, 0.1) is 50.0 Å². The number of methoxy groups -OCH3 is 3. The minimum atomic E-state index is -0.627. The third kappa shape index (κ3) is 4.33. The molecule has 0 radical (unpaired) electrons. The summed E-state index contributed by atoms with van der Waals surface area (Å²) < 4.78 is 16.8. The van der Waals surface area contributed by atoms with Gasteiger partial charge in [-0.2, -0.15) is 5.10 Å². The molecule has 0 spiro atoms. The number of nitrogens with one attached hydrogen (secondary N) is 1. The summed E-state index contributed by atoms with van der Waals surface area (Å²) in [6.07, 6.45) is 2.99. The quantitative estimate of drug-likeness (QED) is 0.619. The fraction of sp³-hybridized carbons (Fsp3) is 0.150. The summed E-state index contributed by atoms with van der Waals surface area (Å²) in [4.78, 5) is 24.9. The highest BCUT2D eigenvalue weighted by atomic mass is 35.5. The number of ether oxygens (including phenoxy) is 3. The lowest BCUT2D eigenvalue weighted by molar-refractivity contribution is 0.0601. The summed E-state index contributed by atoms with van der Waals surface area (Å²) in [6.45, 7) is 0. The number of esters is 1. The molecule has 0 atom stereocenters. The fourth-order valence-electron chi connectivity index (χ4n) is 2.63. The number of halogens is 1. The SMILES string of the molecule is COC(=O)c1cc(OC)c(OC)cc1NC(=O)c1cnn(-c2ccc(Cl)cc2)c1. The van der Waals surface area contributed by atoms with Crippen LogP contribution in [-0.2, 0) is 4.74 Å². The molecule has 0 bridgehead atoms. The Kier molecular flexibility index (Phi) is 6.04. The minimum absolute atomic E-state index is 0.128. The van der Waals surface area contributed by atoms with Crippen LogP contribution >= 0.6 is 11.6 Å². The van der Waals surface area contributed by atoms with Crippen LogP contribution in [0.5, 0.6) is 11.5 Å². The Morgan fingerprint density at radius 1 is 1.03 bits per heavy atom. The van der Waals surface area contributed by atoms with Gasteiger partial charge in [0.1, 0.15) is 0 Å². The largest absolute Gasteiger partial charge is 0.493 e. The van der Waals surface area contributed by atoms with Crippen LogP contribution in [0.1, 0.15) is 20.7 Å². The van der Waals surface area contributed by atoms with E-state index in [9.17, 15) is 9.59 Å². The lowest BCUT2D eigenvalue weighted by Gasteiger charge is -2.14. The number of benzene rings is 2. The van der Waals surface area contributed by atoms with Crippen LogP contribution in [0.3, 0.4) is 0 Å². The molecular formula is C20H18ClN3O5. The second-order valence-electron chi connectivity index (χ2n) is 5.85. The van der Waals surface area contributed by atoms with E-state index in [1.165, 1.54) is 39.7 Å². The molecule has 0 unspecified atom stereocenters. The zero-order chi connectivity index (χ0) is 21.0. The van der Waals surface area contributed by atoms with Gasteiger partial charge in [-0.3, -0.25) is 4.79 Å². The summed E-state index contributed by atoms with van der Waals surface area (Å²) in [5.41, 5.74) is 1.39. The van der Waals surface area contributed by atoms with Crippen LogP contribution in [0.2, 0.25) is 5.02 Å². The normalized spacial score (nSPS) is 10.3. The Bertz CT molecular complexity index is 1050.